The standard InChI is InChI=1S/C15H22N4O2S/c1-10-13(22-9-16-10)14(20)19-7-11-4-5-12(19)8-18(6-11)15(21)17(2)3/h9,11-12H,4-8H2,1-3H3/t11-,12+/m1/s1. The Balaban J connectivity index is 1.80. The number of aryl methyl sites for hydroxylation is 1. The summed E-state index contributed by atoms with van der Waals surface area (Å²) >= 11 is 1.41. The molecule has 22 heavy (non-hydrogen) atoms. The van der Waals surface area contributed by atoms with Crippen LogP contribution in [0.25, 0.3) is 0 Å². The van der Waals surface area contributed by atoms with Gasteiger partial charge in [-0.25, -0.2) is 9.78 Å². The molecule has 0 radical (unpaired) electrons. The highest BCUT2D eigenvalue weighted by Crippen LogP contribution is 2.30. The van der Waals surface area contributed by atoms with Crippen molar-refractivity contribution in [1.82, 2.24) is 19.7 Å². The molecule has 3 amide bonds. The van der Waals surface area contributed by atoms with E-state index >= 15 is 0 Å². The fourth-order valence-corrected chi connectivity index (χ4v) is 4.16. The number of nitrogens with zero attached hydrogens (tertiary/aromatic N) is 4. The van der Waals surface area contributed by atoms with E-state index in [1.165, 1.54) is 11.3 Å². The van der Waals surface area contributed by atoms with Gasteiger partial charge in [-0.2, -0.15) is 0 Å². The van der Waals surface area contributed by atoms with Crippen LogP contribution in [0.5, 0.6) is 0 Å². The van der Waals surface area contributed by atoms with Crippen molar-refractivity contribution in [2.75, 3.05) is 33.7 Å². The molecule has 6 nitrogen and oxygen atoms in total. The zero-order valence-electron chi connectivity index (χ0n) is 13.3. The van der Waals surface area contributed by atoms with Crippen LogP contribution in [0.2, 0.25) is 0 Å². The van der Waals surface area contributed by atoms with Crippen molar-refractivity contribution in [1.29, 1.82) is 0 Å². The molecule has 3 saturated heterocycles. The van der Waals surface area contributed by atoms with Gasteiger partial charge in [0, 0.05) is 39.8 Å². The van der Waals surface area contributed by atoms with E-state index in [0.29, 0.717) is 12.5 Å². The van der Waals surface area contributed by atoms with E-state index in [4.69, 9.17) is 0 Å². The minimum atomic E-state index is 0.0418. The molecule has 0 spiro atoms. The zero-order valence-corrected chi connectivity index (χ0v) is 14.1. The molecule has 0 N–H and O–H groups in total. The third kappa shape index (κ3) is 2.69. The summed E-state index contributed by atoms with van der Waals surface area (Å²) in [7, 11) is 3.55. The molecule has 4 heterocycles. The Kier molecular flexibility index (Phi) is 4.08. The molecule has 4 rings (SSSR count). The predicted octanol–water partition coefficient (Wildman–Crippen LogP) is 1.67. The average Bonchev–Trinajstić information content (AvgIpc) is 2.73. The molecule has 3 aliphatic rings. The number of carbonyl (C=O) groups is 2. The Bertz CT molecular complexity index is 586. The molecule has 0 aliphatic carbocycles. The highest BCUT2D eigenvalue weighted by Gasteiger charge is 2.39. The van der Waals surface area contributed by atoms with Crippen molar-refractivity contribution in [2.24, 2.45) is 5.92 Å². The average molecular weight is 322 g/mol. The lowest BCUT2D eigenvalue weighted by molar-refractivity contribution is 0.0590. The number of carbonyl (C=O) groups excluding carboxylic acids is 2. The predicted molar refractivity (Wildman–Crippen MR) is 85.1 cm³/mol. The second-order valence-electron chi connectivity index (χ2n) is 6.40. The molecule has 0 saturated carbocycles. The first-order valence-corrected chi connectivity index (χ1v) is 8.52. The maximum absolute atomic E-state index is 12.8. The second kappa shape index (κ2) is 5.87. The SMILES string of the molecule is Cc1ncsc1C(=O)N1C[C@@H]2CC[C@H]1CN(C(=O)N(C)C)C2. The monoisotopic (exact) mass is 322 g/mol. The number of aromatic nitrogens is 1. The third-order valence-corrected chi connectivity index (χ3v) is 5.48. The number of fused-ring (bicyclic) bond motifs is 4. The van der Waals surface area contributed by atoms with Gasteiger partial charge in [-0.1, -0.05) is 0 Å². The summed E-state index contributed by atoms with van der Waals surface area (Å²) in [6.07, 6.45) is 2.07. The van der Waals surface area contributed by atoms with Gasteiger partial charge in [0.1, 0.15) is 4.88 Å². The molecule has 3 aliphatic heterocycles. The van der Waals surface area contributed by atoms with Crippen molar-refractivity contribution in [3.8, 4) is 0 Å². The number of thiazole rings is 1. The molecule has 7 heteroatoms. The molecule has 3 fully saturated rings. The molecule has 0 aromatic carbocycles. The first-order chi connectivity index (χ1) is 10.5. The first-order valence-electron chi connectivity index (χ1n) is 7.64. The van der Waals surface area contributed by atoms with E-state index in [2.05, 4.69) is 4.98 Å². The van der Waals surface area contributed by atoms with Crippen molar-refractivity contribution in [3.05, 3.63) is 16.1 Å². The van der Waals surface area contributed by atoms with Crippen molar-refractivity contribution < 1.29 is 9.59 Å². The molecular weight excluding hydrogens is 300 g/mol. The van der Waals surface area contributed by atoms with E-state index in [9.17, 15) is 9.59 Å². The van der Waals surface area contributed by atoms with Gasteiger partial charge in [0.2, 0.25) is 0 Å². The molecule has 1 aromatic heterocycles. The summed E-state index contributed by atoms with van der Waals surface area (Å²) in [5.41, 5.74) is 2.52. The molecule has 2 bridgehead atoms. The lowest BCUT2D eigenvalue weighted by Crippen LogP contribution is -2.48. The molecule has 2 atom stereocenters. The van der Waals surface area contributed by atoms with Gasteiger partial charge < -0.3 is 14.7 Å². The summed E-state index contributed by atoms with van der Waals surface area (Å²) in [5.74, 6) is 0.452. The fourth-order valence-electron chi connectivity index (χ4n) is 3.41. The summed E-state index contributed by atoms with van der Waals surface area (Å²) in [6.45, 7) is 4.01. The molecular formula is C15H22N4O2S. The second-order valence-corrected chi connectivity index (χ2v) is 7.26. The van der Waals surface area contributed by atoms with Crippen LogP contribution >= 0.6 is 11.3 Å². The smallest absolute Gasteiger partial charge is 0.319 e. The number of hydrogen-bond acceptors (Lipinski definition) is 4. The van der Waals surface area contributed by atoms with E-state index in [1.807, 2.05) is 16.7 Å². The van der Waals surface area contributed by atoms with Gasteiger partial charge in [0.15, 0.2) is 0 Å². The maximum atomic E-state index is 12.8. The van der Waals surface area contributed by atoms with Crippen molar-refractivity contribution in [3.63, 3.8) is 0 Å². The number of hydrogen-bond donors (Lipinski definition) is 0. The third-order valence-electron chi connectivity index (χ3n) is 4.57. The Morgan fingerprint density at radius 2 is 2.05 bits per heavy atom. The van der Waals surface area contributed by atoms with Crippen molar-refractivity contribution >= 4 is 23.3 Å². The van der Waals surface area contributed by atoms with Crippen LogP contribution in [0.1, 0.15) is 28.2 Å². The van der Waals surface area contributed by atoms with E-state index in [0.717, 1.165) is 36.5 Å². The van der Waals surface area contributed by atoms with E-state index in [-0.39, 0.29) is 18.0 Å². The van der Waals surface area contributed by atoms with Gasteiger partial charge in [0.25, 0.3) is 5.91 Å². The van der Waals surface area contributed by atoms with Crippen LogP contribution in [-0.2, 0) is 0 Å². The minimum absolute atomic E-state index is 0.0418. The summed E-state index contributed by atoms with van der Waals surface area (Å²) in [4.78, 5) is 35.5. The van der Waals surface area contributed by atoms with Gasteiger partial charge in [-0.3, -0.25) is 4.79 Å². The van der Waals surface area contributed by atoms with Crippen LogP contribution in [0.4, 0.5) is 4.79 Å². The van der Waals surface area contributed by atoms with Crippen molar-refractivity contribution in [2.45, 2.75) is 25.8 Å². The normalized spacial score (nSPS) is 24.3. The van der Waals surface area contributed by atoms with Gasteiger partial charge in [-0.05, 0) is 25.7 Å². The minimum Gasteiger partial charge on any atom is -0.333 e. The zero-order chi connectivity index (χ0) is 15.9. The quantitative estimate of drug-likeness (QED) is 0.790. The lowest BCUT2D eigenvalue weighted by Gasteiger charge is -2.35. The topological polar surface area (TPSA) is 56.8 Å². The maximum Gasteiger partial charge on any atom is 0.319 e. The summed E-state index contributed by atoms with van der Waals surface area (Å²) in [5, 5.41) is 0. The van der Waals surface area contributed by atoms with Crippen LogP contribution in [-0.4, -0.2) is 71.4 Å². The number of rotatable bonds is 1. The number of piperidine rings is 1. The molecule has 0 unspecified atom stereocenters. The highest BCUT2D eigenvalue weighted by atomic mass is 32.1. The molecule has 1 aromatic rings. The highest BCUT2D eigenvalue weighted by molar-refractivity contribution is 7.11. The Labute approximate surface area is 134 Å². The Morgan fingerprint density at radius 1 is 1.27 bits per heavy atom. The first kappa shape index (κ1) is 15.3. The van der Waals surface area contributed by atoms with E-state index < -0.39 is 0 Å². The Hall–Kier alpha value is -1.63. The van der Waals surface area contributed by atoms with Gasteiger partial charge >= 0.3 is 6.03 Å². The number of amides is 3. The van der Waals surface area contributed by atoms with Gasteiger partial charge in [0.05, 0.1) is 11.2 Å². The van der Waals surface area contributed by atoms with Crippen LogP contribution in [0.15, 0.2) is 5.51 Å². The molecule has 120 valence electrons. The lowest BCUT2D eigenvalue weighted by atomic mass is 9.95. The van der Waals surface area contributed by atoms with Crippen LogP contribution in [0, 0.1) is 12.8 Å². The largest absolute Gasteiger partial charge is 0.333 e. The van der Waals surface area contributed by atoms with E-state index in [1.54, 1.807) is 24.5 Å². The summed E-state index contributed by atoms with van der Waals surface area (Å²) < 4.78 is 0. The van der Waals surface area contributed by atoms with Gasteiger partial charge in [-0.15, -0.1) is 11.3 Å². The van der Waals surface area contributed by atoms with Crippen LogP contribution < -0.4 is 0 Å². The Morgan fingerprint density at radius 3 is 2.68 bits per heavy atom. The van der Waals surface area contributed by atoms with Crippen LogP contribution in [0.3, 0.4) is 0 Å². The fraction of sp³-hybridized carbons (Fsp3) is 0.667. The summed E-state index contributed by atoms with van der Waals surface area (Å²) in [6, 6.07) is 0.164. The number of urea groups is 1.